The molecule has 0 N–H and O–H groups in total. The average Bonchev–Trinajstić information content (AvgIpc) is 2.31. The van der Waals surface area contributed by atoms with E-state index in [2.05, 4.69) is 43.0 Å². The van der Waals surface area contributed by atoms with Crippen LogP contribution in [-0.2, 0) is 0 Å². The van der Waals surface area contributed by atoms with E-state index < -0.39 is 8.11 Å². The van der Waals surface area contributed by atoms with Gasteiger partial charge in [-0.25, -0.2) is 0 Å². The lowest BCUT2D eigenvalue weighted by Gasteiger charge is -2.19. The second-order valence-electron chi connectivity index (χ2n) is 3.69. The summed E-state index contributed by atoms with van der Waals surface area (Å²) >= 11 is 6.48. The van der Waals surface area contributed by atoms with Crippen LogP contribution in [0.25, 0.3) is 0 Å². The SMILES string of the molecule is CCN(CC)CC[SiH](Cl)c1ccccc1. The third-order valence-corrected chi connectivity index (χ3v) is 6.04. The van der Waals surface area contributed by atoms with Crippen molar-refractivity contribution in [2.24, 2.45) is 0 Å². The molecule has 0 saturated carbocycles. The monoisotopic (exact) mass is 241 g/mol. The van der Waals surface area contributed by atoms with Gasteiger partial charge in [-0.2, -0.15) is 11.1 Å². The van der Waals surface area contributed by atoms with E-state index in [0.717, 1.165) is 25.7 Å². The topological polar surface area (TPSA) is 3.24 Å². The van der Waals surface area contributed by atoms with Crippen LogP contribution in [0.15, 0.2) is 30.3 Å². The fourth-order valence-corrected chi connectivity index (χ4v) is 3.96. The zero-order valence-electron chi connectivity index (χ0n) is 9.62. The summed E-state index contributed by atoms with van der Waals surface area (Å²) in [6, 6.07) is 11.7. The lowest BCUT2D eigenvalue weighted by molar-refractivity contribution is 0.321. The molecule has 0 heterocycles. The first kappa shape index (κ1) is 12.8. The van der Waals surface area contributed by atoms with Gasteiger partial charge in [0, 0.05) is 0 Å². The number of halogens is 1. The summed E-state index contributed by atoms with van der Waals surface area (Å²) in [7, 11) is -1.21. The highest BCUT2D eigenvalue weighted by atomic mass is 35.6. The van der Waals surface area contributed by atoms with Gasteiger partial charge in [-0.15, -0.1) is 0 Å². The summed E-state index contributed by atoms with van der Waals surface area (Å²) in [6.07, 6.45) is 0. The number of benzene rings is 1. The lowest BCUT2D eigenvalue weighted by atomic mass is 10.4. The second kappa shape index (κ2) is 7.04. The molecule has 1 nitrogen and oxygen atoms in total. The molecule has 1 aromatic carbocycles. The summed E-state index contributed by atoms with van der Waals surface area (Å²) in [5.41, 5.74) is 0. The van der Waals surface area contributed by atoms with Crippen molar-refractivity contribution in [3.05, 3.63) is 30.3 Å². The molecule has 15 heavy (non-hydrogen) atoms. The van der Waals surface area contributed by atoms with Gasteiger partial charge >= 0.3 is 0 Å². The Morgan fingerprint density at radius 2 is 1.73 bits per heavy atom. The molecule has 0 saturated heterocycles. The predicted octanol–water partition coefficient (Wildman–Crippen LogP) is 2.20. The van der Waals surface area contributed by atoms with Crippen molar-refractivity contribution in [1.29, 1.82) is 0 Å². The van der Waals surface area contributed by atoms with Crippen molar-refractivity contribution >= 4 is 24.4 Å². The molecule has 0 radical (unpaired) electrons. The van der Waals surface area contributed by atoms with Gasteiger partial charge in [-0.1, -0.05) is 44.2 Å². The van der Waals surface area contributed by atoms with Gasteiger partial charge in [0.15, 0.2) is 8.11 Å². The Morgan fingerprint density at radius 3 is 2.27 bits per heavy atom. The van der Waals surface area contributed by atoms with E-state index in [0.29, 0.717) is 0 Å². The van der Waals surface area contributed by atoms with Crippen molar-refractivity contribution in [1.82, 2.24) is 4.90 Å². The Kier molecular flexibility index (Phi) is 5.99. The molecule has 1 rings (SSSR count). The van der Waals surface area contributed by atoms with E-state index >= 15 is 0 Å². The smallest absolute Gasteiger partial charge is 0.172 e. The van der Waals surface area contributed by atoms with E-state index in [1.807, 2.05) is 6.07 Å². The van der Waals surface area contributed by atoms with Gasteiger partial charge in [0.05, 0.1) is 0 Å². The maximum Gasteiger partial charge on any atom is 0.172 e. The number of nitrogens with zero attached hydrogens (tertiary/aromatic N) is 1. The first-order valence-electron chi connectivity index (χ1n) is 5.69. The third kappa shape index (κ3) is 4.37. The first-order chi connectivity index (χ1) is 7.27. The molecule has 1 unspecified atom stereocenters. The van der Waals surface area contributed by atoms with Gasteiger partial charge in [-0.05, 0) is 30.9 Å². The fourth-order valence-electron chi connectivity index (χ4n) is 1.66. The molecule has 1 atom stereocenters. The summed E-state index contributed by atoms with van der Waals surface area (Å²) in [6.45, 7) is 7.81. The summed E-state index contributed by atoms with van der Waals surface area (Å²) in [5.74, 6) is 0. The number of hydrogen-bond acceptors (Lipinski definition) is 1. The third-order valence-electron chi connectivity index (χ3n) is 2.75. The van der Waals surface area contributed by atoms with Crippen LogP contribution >= 0.6 is 11.1 Å². The van der Waals surface area contributed by atoms with Gasteiger partial charge in [0.2, 0.25) is 0 Å². The number of rotatable bonds is 6. The van der Waals surface area contributed by atoms with Gasteiger partial charge in [0.1, 0.15) is 0 Å². The molecular weight excluding hydrogens is 222 g/mol. The normalized spacial score (nSPS) is 13.1. The van der Waals surface area contributed by atoms with E-state index in [9.17, 15) is 0 Å². The van der Waals surface area contributed by atoms with Crippen LogP contribution in [0.3, 0.4) is 0 Å². The van der Waals surface area contributed by atoms with Crippen LogP contribution in [0, 0.1) is 0 Å². The highest BCUT2D eigenvalue weighted by Crippen LogP contribution is 2.02. The maximum atomic E-state index is 6.48. The molecule has 0 fully saturated rings. The molecule has 3 heteroatoms. The molecule has 0 bridgehead atoms. The highest BCUT2D eigenvalue weighted by molar-refractivity contribution is 7.14. The van der Waals surface area contributed by atoms with Crippen LogP contribution in [0.1, 0.15) is 13.8 Å². The van der Waals surface area contributed by atoms with E-state index in [1.165, 1.54) is 5.19 Å². The fraction of sp³-hybridized carbons (Fsp3) is 0.500. The predicted molar refractivity (Wildman–Crippen MR) is 71.7 cm³/mol. The van der Waals surface area contributed by atoms with E-state index in [1.54, 1.807) is 0 Å². The van der Waals surface area contributed by atoms with Crippen LogP contribution in [0.4, 0.5) is 0 Å². The van der Waals surface area contributed by atoms with Gasteiger partial charge < -0.3 is 4.90 Å². The Labute approximate surface area is 99.4 Å². The van der Waals surface area contributed by atoms with Crippen LogP contribution in [0.2, 0.25) is 6.04 Å². The molecule has 0 amide bonds. The minimum Gasteiger partial charge on any atom is -0.304 e. The quantitative estimate of drug-likeness (QED) is 0.545. The van der Waals surface area contributed by atoms with Crippen LogP contribution < -0.4 is 5.19 Å². The Balaban J connectivity index is 2.39. The first-order valence-corrected chi connectivity index (χ1v) is 8.83. The molecular formula is C12H20ClNSi. The number of hydrogen-bond donors (Lipinski definition) is 0. The minimum atomic E-state index is -1.21. The van der Waals surface area contributed by atoms with Crippen molar-refractivity contribution in [3.8, 4) is 0 Å². The molecule has 84 valence electrons. The van der Waals surface area contributed by atoms with E-state index in [-0.39, 0.29) is 0 Å². The zero-order chi connectivity index (χ0) is 11.1. The molecule has 0 aliphatic carbocycles. The van der Waals surface area contributed by atoms with Gasteiger partial charge in [0.25, 0.3) is 0 Å². The standard InChI is InChI=1S/C12H20ClNSi/c1-3-14(4-2)10-11-15(13)12-8-6-5-7-9-12/h5-9,15H,3-4,10-11H2,1-2H3. The minimum absolute atomic E-state index is 1.13. The molecule has 1 aromatic rings. The molecule has 0 aliphatic heterocycles. The highest BCUT2D eigenvalue weighted by Gasteiger charge is 2.10. The largest absolute Gasteiger partial charge is 0.304 e. The zero-order valence-corrected chi connectivity index (χ0v) is 11.5. The van der Waals surface area contributed by atoms with E-state index in [4.69, 9.17) is 11.1 Å². The summed E-state index contributed by atoms with van der Waals surface area (Å²) in [5, 5.41) is 1.37. The Hall–Kier alpha value is -0.313. The Morgan fingerprint density at radius 1 is 1.13 bits per heavy atom. The van der Waals surface area contributed by atoms with Gasteiger partial charge in [-0.3, -0.25) is 0 Å². The summed E-state index contributed by atoms with van der Waals surface area (Å²) < 4.78 is 0. The second-order valence-corrected chi connectivity index (χ2v) is 7.45. The molecule has 0 aliphatic rings. The van der Waals surface area contributed by atoms with Crippen molar-refractivity contribution in [2.75, 3.05) is 19.6 Å². The summed E-state index contributed by atoms with van der Waals surface area (Å²) in [4.78, 5) is 2.44. The Bertz CT molecular complexity index is 262. The molecule has 0 spiro atoms. The van der Waals surface area contributed by atoms with Crippen LogP contribution in [-0.4, -0.2) is 32.6 Å². The van der Waals surface area contributed by atoms with Crippen molar-refractivity contribution in [3.63, 3.8) is 0 Å². The maximum absolute atomic E-state index is 6.48. The average molecular weight is 242 g/mol. The van der Waals surface area contributed by atoms with Crippen molar-refractivity contribution in [2.45, 2.75) is 19.9 Å². The van der Waals surface area contributed by atoms with Crippen molar-refractivity contribution < 1.29 is 0 Å². The van der Waals surface area contributed by atoms with Crippen LogP contribution in [0.5, 0.6) is 0 Å². The lowest BCUT2D eigenvalue weighted by Crippen LogP contribution is -2.31. The molecule has 0 aromatic heterocycles.